The van der Waals surface area contributed by atoms with E-state index in [2.05, 4.69) is 20.9 Å². The van der Waals surface area contributed by atoms with Crippen LogP contribution in [0.4, 0.5) is 13.2 Å². The fourth-order valence-corrected chi connectivity index (χ4v) is 2.01. The monoisotopic (exact) mass is 278 g/mol. The lowest BCUT2D eigenvalue weighted by molar-refractivity contribution is -0.142. The Morgan fingerprint density at radius 1 is 1.33 bits per heavy atom. The molecule has 0 bridgehead atoms. The van der Waals surface area contributed by atoms with Crippen molar-refractivity contribution in [2.45, 2.75) is 13.1 Å². The second kappa shape index (κ2) is 3.23. The Kier molecular flexibility index (Phi) is 2.26. The van der Waals surface area contributed by atoms with Gasteiger partial charge in [0.15, 0.2) is 0 Å². The molecule has 0 aromatic carbocycles. The van der Waals surface area contributed by atoms with Crippen molar-refractivity contribution in [3.05, 3.63) is 34.3 Å². The summed E-state index contributed by atoms with van der Waals surface area (Å²) in [5, 5.41) is 0. The number of aromatic nitrogens is 2. The molecule has 0 aliphatic rings. The molecular weight excluding hydrogens is 273 g/mol. The molecule has 2 rings (SSSR count). The van der Waals surface area contributed by atoms with E-state index in [-0.39, 0.29) is 4.47 Å². The summed E-state index contributed by atoms with van der Waals surface area (Å²) in [6.45, 7) is 1.54. The van der Waals surface area contributed by atoms with E-state index in [1.165, 1.54) is 19.2 Å². The van der Waals surface area contributed by atoms with E-state index in [1.54, 1.807) is 6.07 Å². The predicted molar refractivity (Wildman–Crippen MR) is 52.6 cm³/mol. The van der Waals surface area contributed by atoms with Crippen molar-refractivity contribution in [3.8, 4) is 0 Å². The first-order chi connectivity index (χ1) is 6.91. The molecule has 0 aliphatic carbocycles. The highest BCUT2D eigenvalue weighted by Gasteiger charge is 2.36. The van der Waals surface area contributed by atoms with E-state index in [0.29, 0.717) is 11.3 Å². The van der Waals surface area contributed by atoms with Crippen LogP contribution in [0.3, 0.4) is 0 Å². The van der Waals surface area contributed by atoms with Crippen LogP contribution in [0.1, 0.15) is 11.5 Å². The van der Waals surface area contributed by atoms with Crippen LogP contribution in [0.15, 0.2) is 22.8 Å². The summed E-state index contributed by atoms with van der Waals surface area (Å²) in [5.74, 6) is 0.318. The van der Waals surface area contributed by atoms with Crippen molar-refractivity contribution in [3.63, 3.8) is 0 Å². The molecule has 0 saturated heterocycles. The Hall–Kier alpha value is -1.04. The molecule has 0 atom stereocenters. The van der Waals surface area contributed by atoms with Gasteiger partial charge in [0, 0.05) is 4.47 Å². The van der Waals surface area contributed by atoms with Gasteiger partial charge in [0.05, 0.1) is 11.7 Å². The Bertz CT molecular complexity index is 516. The van der Waals surface area contributed by atoms with Gasteiger partial charge in [-0.2, -0.15) is 13.2 Å². The van der Waals surface area contributed by atoms with E-state index in [1.807, 2.05) is 0 Å². The molecular formula is C9H6BrF3N2. The first-order valence-electron chi connectivity index (χ1n) is 4.11. The average Bonchev–Trinajstić information content (AvgIpc) is 2.46. The summed E-state index contributed by atoms with van der Waals surface area (Å²) < 4.78 is 39.4. The number of halogens is 4. The van der Waals surface area contributed by atoms with Gasteiger partial charge in [-0.15, -0.1) is 0 Å². The van der Waals surface area contributed by atoms with Gasteiger partial charge in [0.1, 0.15) is 11.5 Å². The summed E-state index contributed by atoms with van der Waals surface area (Å²) in [5.41, 5.74) is -0.293. The fraction of sp³-hybridized carbons (Fsp3) is 0.222. The molecule has 2 aromatic rings. The number of alkyl halides is 3. The van der Waals surface area contributed by atoms with Crippen molar-refractivity contribution in [1.82, 2.24) is 9.38 Å². The highest BCUT2D eigenvalue weighted by Crippen LogP contribution is 2.35. The summed E-state index contributed by atoms with van der Waals surface area (Å²) in [4.78, 5) is 3.85. The number of rotatable bonds is 0. The molecule has 0 fully saturated rings. The molecule has 80 valence electrons. The highest BCUT2D eigenvalue weighted by molar-refractivity contribution is 9.10. The predicted octanol–water partition coefficient (Wildman–Crippen LogP) is 3.42. The van der Waals surface area contributed by atoms with E-state index in [0.717, 1.165) is 4.40 Å². The molecule has 0 N–H and O–H groups in total. The van der Waals surface area contributed by atoms with Gasteiger partial charge in [-0.1, -0.05) is 0 Å². The Morgan fingerprint density at radius 3 is 2.60 bits per heavy atom. The topological polar surface area (TPSA) is 17.3 Å². The minimum absolute atomic E-state index is 0.0172. The normalized spacial score (nSPS) is 12.3. The van der Waals surface area contributed by atoms with Crippen LogP contribution in [-0.4, -0.2) is 9.38 Å². The van der Waals surface area contributed by atoms with Crippen molar-refractivity contribution in [2.75, 3.05) is 0 Å². The zero-order chi connectivity index (χ0) is 11.2. The quantitative estimate of drug-likeness (QED) is 0.722. The number of nitrogens with zero attached hydrogens (tertiary/aromatic N) is 2. The van der Waals surface area contributed by atoms with Crippen LogP contribution in [0.5, 0.6) is 0 Å². The summed E-state index contributed by atoms with van der Waals surface area (Å²) in [7, 11) is 0. The van der Waals surface area contributed by atoms with Gasteiger partial charge in [-0.25, -0.2) is 4.98 Å². The minimum atomic E-state index is -4.40. The second-order valence-corrected chi connectivity index (χ2v) is 3.95. The Labute approximate surface area is 91.9 Å². The van der Waals surface area contributed by atoms with Crippen LogP contribution in [0.25, 0.3) is 5.52 Å². The highest BCUT2D eigenvalue weighted by atomic mass is 79.9. The summed E-state index contributed by atoms with van der Waals surface area (Å²) in [6, 6.07) is 2.96. The van der Waals surface area contributed by atoms with E-state index in [9.17, 15) is 13.2 Å². The number of hydrogen-bond donors (Lipinski definition) is 0. The first kappa shape index (κ1) is 10.5. The van der Waals surface area contributed by atoms with E-state index < -0.39 is 11.9 Å². The first-order valence-corrected chi connectivity index (χ1v) is 4.90. The van der Waals surface area contributed by atoms with Gasteiger partial charge < -0.3 is 0 Å². The molecule has 0 saturated carbocycles. The molecule has 15 heavy (non-hydrogen) atoms. The number of hydrogen-bond acceptors (Lipinski definition) is 1. The maximum atomic E-state index is 12.8. The van der Waals surface area contributed by atoms with Gasteiger partial charge in [0.2, 0.25) is 0 Å². The lowest BCUT2D eigenvalue weighted by atomic mass is 10.3. The van der Waals surface area contributed by atoms with Crippen molar-refractivity contribution < 1.29 is 13.2 Å². The third-order valence-electron chi connectivity index (χ3n) is 2.08. The molecule has 0 unspecified atom stereocenters. The Morgan fingerprint density at radius 2 is 2.00 bits per heavy atom. The van der Waals surface area contributed by atoms with Gasteiger partial charge in [-0.3, -0.25) is 4.40 Å². The smallest absolute Gasteiger partial charge is 0.292 e. The summed E-state index contributed by atoms with van der Waals surface area (Å²) >= 11 is 2.90. The molecule has 0 aliphatic heterocycles. The minimum Gasteiger partial charge on any atom is -0.292 e. The lowest BCUT2D eigenvalue weighted by Crippen LogP contribution is -2.13. The third kappa shape index (κ3) is 1.62. The lowest BCUT2D eigenvalue weighted by Gasteiger charge is -2.12. The molecule has 2 nitrogen and oxygen atoms in total. The standard InChI is InChI=1S/C9H6BrF3N2/c1-5-14-4-6-2-3-7(10)8(15(5)6)9(11,12)13/h2-4H,1H3. The molecule has 6 heteroatoms. The molecule has 0 amide bonds. The second-order valence-electron chi connectivity index (χ2n) is 3.09. The number of imidazole rings is 1. The van der Waals surface area contributed by atoms with Gasteiger partial charge in [-0.05, 0) is 35.0 Å². The number of fused-ring (bicyclic) bond motifs is 1. The van der Waals surface area contributed by atoms with Crippen LogP contribution < -0.4 is 0 Å². The SMILES string of the molecule is Cc1ncc2ccc(Br)c(C(F)(F)F)n12. The zero-order valence-corrected chi connectivity index (χ0v) is 9.22. The van der Waals surface area contributed by atoms with Gasteiger partial charge in [0.25, 0.3) is 0 Å². The number of aryl methyl sites for hydroxylation is 1. The van der Waals surface area contributed by atoms with Crippen LogP contribution in [0.2, 0.25) is 0 Å². The fourth-order valence-electron chi connectivity index (χ4n) is 1.48. The van der Waals surface area contributed by atoms with E-state index in [4.69, 9.17) is 0 Å². The average molecular weight is 279 g/mol. The zero-order valence-electron chi connectivity index (χ0n) is 7.64. The maximum absolute atomic E-state index is 12.8. The maximum Gasteiger partial charge on any atom is 0.432 e. The molecule has 2 heterocycles. The van der Waals surface area contributed by atoms with Crippen LogP contribution >= 0.6 is 15.9 Å². The van der Waals surface area contributed by atoms with Gasteiger partial charge >= 0.3 is 6.18 Å². The Balaban J connectivity index is 2.90. The largest absolute Gasteiger partial charge is 0.432 e. The van der Waals surface area contributed by atoms with E-state index >= 15 is 0 Å². The van der Waals surface area contributed by atoms with Crippen molar-refractivity contribution in [1.29, 1.82) is 0 Å². The summed E-state index contributed by atoms with van der Waals surface area (Å²) in [6.07, 6.45) is -2.99. The molecule has 2 aromatic heterocycles. The van der Waals surface area contributed by atoms with Crippen molar-refractivity contribution in [2.24, 2.45) is 0 Å². The molecule has 0 radical (unpaired) electrons. The van der Waals surface area contributed by atoms with Crippen LogP contribution in [-0.2, 0) is 6.18 Å². The van der Waals surface area contributed by atoms with Crippen LogP contribution in [0, 0.1) is 6.92 Å². The number of pyridine rings is 1. The third-order valence-corrected chi connectivity index (χ3v) is 2.72. The van der Waals surface area contributed by atoms with Crippen molar-refractivity contribution >= 4 is 21.4 Å². The molecule has 0 spiro atoms.